The Morgan fingerprint density at radius 1 is 1.11 bits per heavy atom. The molecule has 0 aliphatic heterocycles. The van der Waals surface area contributed by atoms with Crippen molar-refractivity contribution in [1.82, 2.24) is 0 Å². The Labute approximate surface area is 122 Å². The minimum Gasteiger partial charge on any atom is -0.311 e. The van der Waals surface area contributed by atoms with Crippen molar-refractivity contribution in [2.75, 3.05) is 11.9 Å². The van der Waals surface area contributed by atoms with Crippen molar-refractivity contribution in [3.63, 3.8) is 0 Å². The summed E-state index contributed by atoms with van der Waals surface area (Å²) in [5.74, 6) is 0.00111. The standard InChI is InChI=1S/C16H16BrNO/c1-11-5-4-6-14(9-11)18(3)16(19)13-7-8-15(17)12(2)10-13/h4-10H,1-3H3. The summed E-state index contributed by atoms with van der Waals surface area (Å²) in [5, 5.41) is 0. The van der Waals surface area contributed by atoms with Gasteiger partial charge in [-0.25, -0.2) is 0 Å². The number of halogens is 1. The van der Waals surface area contributed by atoms with Crippen LogP contribution >= 0.6 is 15.9 Å². The fraction of sp³-hybridized carbons (Fsp3) is 0.188. The van der Waals surface area contributed by atoms with Crippen LogP contribution in [0.25, 0.3) is 0 Å². The van der Waals surface area contributed by atoms with Crippen LogP contribution in [0.3, 0.4) is 0 Å². The second-order valence-corrected chi connectivity index (χ2v) is 5.52. The van der Waals surface area contributed by atoms with Gasteiger partial charge in [0, 0.05) is 22.8 Å². The Morgan fingerprint density at radius 3 is 2.47 bits per heavy atom. The SMILES string of the molecule is Cc1cccc(N(C)C(=O)c2ccc(Br)c(C)c2)c1. The van der Waals surface area contributed by atoms with Gasteiger partial charge in [0.05, 0.1) is 0 Å². The molecule has 2 rings (SSSR count). The molecule has 0 N–H and O–H groups in total. The molecule has 0 heterocycles. The second-order valence-electron chi connectivity index (χ2n) is 4.67. The summed E-state index contributed by atoms with van der Waals surface area (Å²) in [4.78, 5) is 14.1. The first-order chi connectivity index (χ1) is 8.99. The first-order valence-electron chi connectivity index (χ1n) is 6.10. The van der Waals surface area contributed by atoms with Crippen molar-refractivity contribution >= 4 is 27.5 Å². The van der Waals surface area contributed by atoms with Crippen LogP contribution in [0.5, 0.6) is 0 Å². The van der Waals surface area contributed by atoms with E-state index in [1.807, 2.05) is 56.3 Å². The molecule has 0 aliphatic rings. The fourth-order valence-electron chi connectivity index (χ4n) is 1.93. The molecule has 0 spiro atoms. The molecule has 0 unspecified atom stereocenters. The molecular formula is C16H16BrNO. The highest BCUT2D eigenvalue weighted by molar-refractivity contribution is 9.10. The lowest BCUT2D eigenvalue weighted by atomic mass is 10.1. The lowest BCUT2D eigenvalue weighted by Crippen LogP contribution is -2.26. The number of carbonyl (C=O) groups is 1. The molecule has 0 aromatic heterocycles. The van der Waals surface area contributed by atoms with Crippen LogP contribution in [0.15, 0.2) is 46.9 Å². The van der Waals surface area contributed by atoms with Gasteiger partial charge in [0.2, 0.25) is 0 Å². The minimum absolute atomic E-state index is 0.00111. The molecule has 0 saturated heterocycles. The normalized spacial score (nSPS) is 10.3. The largest absolute Gasteiger partial charge is 0.311 e. The van der Waals surface area contributed by atoms with E-state index in [0.717, 1.165) is 21.3 Å². The van der Waals surface area contributed by atoms with Crippen molar-refractivity contribution in [2.24, 2.45) is 0 Å². The zero-order chi connectivity index (χ0) is 14.0. The molecule has 1 amide bonds. The topological polar surface area (TPSA) is 20.3 Å². The van der Waals surface area contributed by atoms with E-state index in [9.17, 15) is 4.79 Å². The third-order valence-corrected chi connectivity index (χ3v) is 3.99. The smallest absolute Gasteiger partial charge is 0.258 e. The highest BCUT2D eigenvalue weighted by atomic mass is 79.9. The summed E-state index contributed by atoms with van der Waals surface area (Å²) in [6.07, 6.45) is 0. The van der Waals surface area contributed by atoms with Gasteiger partial charge in [-0.3, -0.25) is 4.79 Å². The number of amides is 1. The maximum Gasteiger partial charge on any atom is 0.258 e. The Hall–Kier alpha value is -1.61. The Morgan fingerprint density at radius 2 is 1.84 bits per heavy atom. The van der Waals surface area contributed by atoms with E-state index in [2.05, 4.69) is 15.9 Å². The van der Waals surface area contributed by atoms with Gasteiger partial charge < -0.3 is 4.90 Å². The molecular weight excluding hydrogens is 302 g/mol. The molecule has 2 nitrogen and oxygen atoms in total. The average molecular weight is 318 g/mol. The summed E-state index contributed by atoms with van der Waals surface area (Å²) in [6.45, 7) is 4.00. The number of hydrogen-bond acceptors (Lipinski definition) is 1. The molecule has 2 aromatic carbocycles. The maximum absolute atomic E-state index is 12.4. The average Bonchev–Trinajstić information content (AvgIpc) is 2.40. The Kier molecular flexibility index (Phi) is 4.05. The summed E-state index contributed by atoms with van der Waals surface area (Å²) in [6, 6.07) is 13.6. The van der Waals surface area contributed by atoms with Crippen molar-refractivity contribution in [3.05, 3.63) is 63.6 Å². The van der Waals surface area contributed by atoms with Crippen LogP contribution in [0.4, 0.5) is 5.69 Å². The van der Waals surface area contributed by atoms with Crippen molar-refractivity contribution in [2.45, 2.75) is 13.8 Å². The molecule has 0 atom stereocenters. The lowest BCUT2D eigenvalue weighted by Gasteiger charge is -2.18. The molecule has 0 saturated carbocycles. The van der Waals surface area contributed by atoms with Crippen molar-refractivity contribution in [3.8, 4) is 0 Å². The summed E-state index contributed by atoms with van der Waals surface area (Å²) >= 11 is 3.45. The van der Waals surface area contributed by atoms with E-state index >= 15 is 0 Å². The van der Waals surface area contributed by atoms with Crippen LogP contribution in [-0.2, 0) is 0 Å². The van der Waals surface area contributed by atoms with Gasteiger partial charge in [0.25, 0.3) is 5.91 Å². The highest BCUT2D eigenvalue weighted by Crippen LogP contribution is 2.20. The second kappa shape index (κ2) is 5.57. The summed E-state index contributed by atoms with van der Waals surface area (Å²) in [5.41, 5.74) is 3.81. The fourth-order valence-corrected chi connectivity index (χ4v) is 2.17. The monoisotopic (exact) mass is 317 g/mol. The zero-order valence-corrected chi connectivity index (χ0v) is 12.9. The van der Waals surface area contributed by atoms with Gasteiger partial charge in [-0.05, 0) is 55.3 Å². The number of carbonyl (C=O) groups excluding carboxylic acids is 1. The minimum atomic E-state index is 0.00111. The van der Waals surface area contributed by atoms with Crippen molar-refractivity contribution < 1.29 is 4.79 Å². The first kappa shape index (κ1) is 13.8. The number of benzene rings is 2. The maximum atomic E-state index is 12.4. The van der Waals surface area contributed by atoms with E-state index in [1.54, 1.807) is 11.9 Å². The van der Waals surface area contributed by atoms with Gasteiger partial charge in [-0.1, -0.05) is 28.1 Å². The Balaban J connectivity index is 2.30. The van der Waals surface area contributed by atoms with Crippen LogP contribution in [-0.4, -0.2) is 13.0 Å². The first-order valence-corrected chi connectivity index (χ1v) is 6.89. The number of aryl methyl sites for hydroxylation is 2. The quantitative estimate of drug-likeness (QED) is 0.806. The number of nitrogens with zero attached hydrogens (tertiary/aromatic N) is 1. The molecule has 19 heavy (non-hydrogen) atoms. The van der Waals surface area contributed by atoms with Gasteiger partial charge in [0.1, 0.15) is 0 Å². The van der Waals surface area contributed by atoms with Gasteiger partial charge in [0.15, 0.2) is 0 Å². The molecule has 0 fully saturated rings. The van der Waals surface area contributed by atoms with E-state index in [4.69, 9.17) is 0 Å². The third kappa shape index (κ3) is 3.04. The van der Waals surface area contributed by atoms with Gasteiger partial charge in [-0.15, -0.1) is 0 Å². The number of hydrogen-bond donors (Lipinski definition) is 0. The van der Waals surface area contributed by atoms with Crippen LogP contribution < -0.4 is 4.90 Å². The lowest BCUT2D eigenvalue weighted by molar-refractivity contribution is 0.0993. The molecule has 0 radical (unpaired) electrons. The number of anilines is 1. The van der Waals surface area contributed by atoms with Crippen LogP contribution in [0.2, 0.25) is 0 Å². The summed E-state index contributed by atoms with van der Waals surface area (Å²) in [7, 11) is 1.80. The molecule has 98 valence electrons. The predicted octanol–water partition coefficient (Wildman–Crippen LogP) is 4.34. The van der Waals surface area contributed by atoms with E-state index in [0.29, 0.717) is 5.56 Å². The zero-order valence-electron chi connectivity index (χ0n) is 11.3. The van der Waals surface area contributed by atoms with Crippen molar-refractivity contribution in [1.29, 1.82) is 0 Å². The molecule has 3 heteroatoms. The van der Waals surface area contributed by atoms with E-state index < -0.39 is 0 Å². The molecule has 0 bridgehead atoms. The van der Waals surface area contributed by atoms with Gasteiger partial charge >= 0.3 is 0 Å². The number of rotatable bonds is 2. The summed E-state index contributed by atoms with van der Waals surface area (Å²) < 4.78 is 1.02. The molecule has 0 aliphatic carbocycles. The van der Waals surface area contributed by atoms with Crippen LogP contribution in [0, 0.1) is 13.8 Å². The molecule has 2 aromatic rings. The highest BCUT2D eigenvalue weighted by Gasteiger charge is 2.14. The van der Waals surface area contributed by atoms with E-state index in [-0.39, 0.29) is 5.91 Å². The predicted molar refractivity (Wildman–Crippen MR) is 82.8 cm³/mol. The van der Waals surface area contributed by atoms with Gasteiger partial charge in [-0.2, -0.15) is 0 Å². The van der Waals surface area contributed by atoms with E-state index in [1.165, 1.54) is 0 Å². The third-order valence-electron chi connectivity index (χ3n) is 3.10. The van der Waals surface area contributed by atoms with Crippen LogP contribution in [0.1, 0.15) is 21.5 Å². The Bertz CT molecular complexity index is 622.